The second kappa shape index (κ2) is 7.27. The van der Waals surface area contributed by atoms with Gasteiger partial charge >= 0.3 is 5.97 Å². The van der Waals surface area contributed by atoms with Crippen molar-refractivity contribution in [2.45, 2.75) is 38.8 Å². The SMILES string of the molecule is Cc1nn(Cc2cccc(Cl)c2)cc1C(=O)N1CCCCC1C(=O)O. The minimum absolute atomic E-state index is 0.262. The summed E-state index contributed by atoms with van der Waals surface area (Å²) in [5, 5.41) is 14.4. The number of carboxylic acid groups (broad SMARTS) is 1. The summed E-state index contributed by atoms with van der Waals surface area (Å²) in [6.45, 7) is 2.73. The first-order chi connectivity index (χ1) is 12.0. The van der Waals surface area contributed by atoms with Crippen molar-refractivity contribution in [1.82, 2.24) is 14.7 Å². The summed E-state index contributed by atoms with van der Waals surface area (Å²) in [5.41, 5.74) is 2.03. The van der Waals surface area contributed by atoms with Crippen LogP contribution in [-0.2, 0) is 11.3 Å². The van der Waals surface area contributed by atoms with Crippen molar-refractivity contribution < 1.29 is 14.7 Å². The molecule has 1 N–H and O–H groups in total. The molecule has 1 saturated heterocycles. The molecule has 1 unspecified atom stereocenters. The number of aliphatic carboxylic acids is 1. The Bertz CT molecular complexity index is 803. The first kappa shape index (κ1) is 17.5. The number of hydrogen-bond acceptors (Lipinski definition) is 3. The van der Waals surface area contributed by atoms with Crippen LogP contribution >= 0.6 is 11.6 Å². The quantitative estimate of drug-likeness (QED) is 0.908. The maximum absolute atomic E-state index is 12.8. The highest BCUT2D eigenvalue weighted by Crippen LogP contribution is 2.21. The summed E-state index contributed by atoms with van der Waals surface area (Å²) >= 11 is 6.00. The van der Waals surface area contributed by atoms with E-state index in [1.54, 1.807) is 23.9 Å². The number of aromatic nitrogens is 2. The van der Waals surface area contributed by atoms with Gasteiger partial charge in [-0.2, -0.15) is 5.10 Å². The molecule has 132 valence electrons. The largest absolute Gasteiger partial charge is 0.480 e. The summed E-state index contributed by atoms with van der Waals surface area (Å²) in [5.74, 6) is -1.21. The van der Waals surface area contributed by atoms with Crippen LogP contribution in [0.25, 0.3) is 0 Å². The second-order valence-corrected chi connectivity index (χ2v) is 6.74. The van der Waals surface area contributed by atoms with Crippen LogP contribution in [0.5, 0.6) is 0 Å². The number of aryl methyl sites for hydroxylation is 1. The summed E-state index contributed by atoms with van der Waals surface area (Å²) in [7, 11) is 0. The zero-order valence-corrected chi connectivity index (χ0v) is 14.7. The third-order valence-corrected chi connectivity index (χ3v) is 4.69. The molecule has 6 nitrogen and oxygen atoms in total. The molecular formula is C18H20ClN3O3. The van der Waals surface area contributed by atoms with Crippen molar-refractivity contribution in [3.63, 3.8) is 0 Å². The molecule has 0 aliphatic carbocycles. The Kier molecular flexibility index (Phi) is 5.08. The Morgan fingerprint density at radius 2 is 2.16 bits per heavy atom. The normalized spacial score (nSPS) is 17.5. The van der Waals surface area contributed by atoms with Gasteiger partial charge in [-0.3, -0.25) is 9.48 Å². The van der Waals surface area contributed by atoms with Crippen molar-refractivity contribution in [3.8, 4) is 0 Å². The van der Waals surface area contributed by atoms with E-state index < -0.39 is 12.0 Å². The molecule has 1 aliphatic heterocycles. The number of halogens is 1. The molecule has 1 aromatic heterocycles. The lowest BCUT2D eigenvalue weighted by Crippen LogP contribution is -2.48. The van der Waals surface area contributed by atoms with E-state index in [4.69, 9.17) is 11.6 Å². The lowest BCUT2D eigenvalue weighted by atomic mass is 10.0. The fraction of sp³-hybridized carbons (Fsp3) is 0.389. The maximum atomic E-state index is 12.8. The molecule has 1 atom stereocenters. The molecule has 7 heteroatoms. The van der Waals surface area contributed by atoms with Gasteiger partial charge in [0.15, 0.2) is 0 Å². The lowest BCUT2D eigenvalue weighted by Gasteiger charge is -2.32. The molecule has 1 aliphatic rings. The molecule has 25 heavy (non-hydrogen) atoms. The molecule has 1 aromatic carbocycles. The van der Waals surface area contributed by atoms with E-state index in [1.807, 2.05) is 18.2 Å². The predicted molar refractivity (Wildman–Crippen MR) is 93.8 cm³/mol. The first-order valence-corrected chi connectivity index (χ1v) is 8.66. The highest BCUT2D eigenvalue weighted by molar-refractivity contribution is 6.30. The van der Waals surface area contributed by atoms with Gasteiger partial charge in [0.1, 0.15) is 6.04 Å². The third-order valence-electron chi connectivity index (χ3n) is 4.46. The number of hydrogen-bond donors (Lipinski definition) is 1. The zero-order chi connectivity index (χ0) is 18.0. The van der Waals surface area contributed by atoms with Crippen LogP contribution in [0.2, 0.25) is 5.02 Å². The van der Waals surface area contributed by atoms with Gasteiger partial charge in [-0.25, -0.2) is 4.79 Å². The van der Waals surface area contributed by atoms with Crippen LogP contribution in [0.15, 0.2) is 30.5 Å². The lowest BCUT2D eigenvalue weighted by molar-refractivity contribution is -0.143. The molecule has 0 saturated carbocycles. The van der Waals surface area contributed by atoms with Gasteiger partial charge in [0.05, 0.1) is 17.8 Å². The van der Waals surface area contributed by atoms with Crippen LogP contribution < -0.4 is 0 Å². The van der Waals surface area contributed by atoms with Gasteiger partial charge in [0, 0.05) is 17.8 Å². The zero-order valence-electron chi connectivity index (χ0n) is 14.0. The van der Waals surface area contributed by atoms with Crippen LogP contribution in [0.4, 0.5) is 0 Å². The summed E-state index contributed by atoms with van der Waals surface area (Å²) in [4.78, 5) is 25.7. The van der Waals surface area contributed by atoms with E-state index in [1.165, 1.54) is 4.90 Å². The Hall–Kier alpha value is -2.34. The van der Waals surface area contributed by atoms with Gasteiger partial charge in [-0.05, 0) is 43.9 Å². The molecule has 0 radical (unpaired) electrons. The fourth-order valence-electron chi connectivity index (χ4n) is 3.22. The van der Waals surface area contributed by atoms with Gasteiger partial charge in [-0.1, -0.05) is 23.7 Å². The van der Waals surface area contributed by atoms with Crippen molar-refractivity contribution >= 4 is 23.5 Å². The van der Waals surface area contributed by atoms with E-state index in [0.717, 1.165) is 18.4 Å². The number of nitrogens with zero attached hydrogens (tertiary/aromatic N) is 3. The number of carbonyl (C=O) groups excluding carboxylic acids is 1. The molecule has 0 bridgehead atoms. The molecule has 1 amide bonds. The van der Waals surface area contributed by atoms with Gasteiger partial charge in [0.2, 0.25) is 0 Å². The number of amides is 1. The molecular weight excluding hydrogens is 342 g/mol. The van der Waals surface area contributed by atoms with Crippen molar-refractivity contribution in [1.29, 1.82) is 0 Å². The van der Waals surface area contributed by atoms with Gasteiger partial charge in [-0.15, -0.1) is 0 Å². The summed E-state index contributed by atoms with van der Waals surface area (Å²) in [6.07, 6.45) is 3.84. The predicted octanol–water partition coefficient (Wildman–Crippen LogP) is 2.97. The Morgan fingerprint density at radius 1 is 1.36 bits per heavy atom. The number of likely N-dealkylation sites (tertiary alicyclic amines) is 1. The van der Waals surface area contributed by atoms with E-state index in [0.29, 0.717) is 35.8 Å². The van der Waals surface area contributed by atoms with Crippen LogP contribution in [-0.4, -0.2) is 44.3 Å². The smallest absolute Gasteiger partial charge is 0.326 e. The van der Waals surface area contributed by atoms with Crippen LogP contribution in [0.1, 0.15) is 40.9 Å². The van der Waals surface area contributed by atoms with Gasteiger partial charge in [0.25, 0.3) is 5.91 Å². The molecule has 2 aromatic rings. The second-order valence-electron chi connectivity index (χ2n) is 6.30. The molecule has 3 rings (SSSR count). The summed E-state index contributed by atoms with van der Waals surface area (Å²) in [6, 6.07) is 6.71. The first-order valence-electron chi connectivity index (χ1n) is 8.28. The highest BCUT2D eigenvalue weighted by atomic mass is 35.5. The third kappa shape index (κ3) is 3.85. The number of carbonyl (C=O) groups is 2. The van der Waals surface area contributed by atoms with Crippen LogP contribution in [0.3, 0.4) is 0 Å². The Balaban J connectivity index is 1.81. The molecule has 1 fully saturated rings. The topological polar surface area (TPSA) is 75.4 Å². The fourth-order valence-corrected chi connectivity index (χ4v) is 3.43. The monoisotopic (exact) mass is 361 g/mol. The highest BCUT2D eigenvalue weighted by Gasteiger charge is 2.33. The van der Waals surface area contributed by atoms with Crippen molar-refractivity contribution in [3.05, 3.63) is 52.3 Å². The Morgan fingerprint density at radius 3 is 2.88 bits per heavy atom. The standard InChI is InChI=1S/C18H20ClN3O3/c1-12-15(17(23)22-8-3-2-7-16(22)18(24)25)11-21(20-12)10-13-5-4-6-14(19)9-13/h4-6,9,11,16H,2-3,7-8,10H2,1H3,(H,24,25). The summed E-state index contributed by atoms with van der Waals surface area (Å²) < 4.78 is 1.69. The van der Waals surface area contributed by atoms with Crippen LogP contribution in [0, 0.1) is 6.92 Å². The Labute approximate surface area is 151 Å². The molecule has 2 heterocycles. The average Bonchev–Trinajstić information content (AvgIpc) is 2.94. The maximum Gasteiger partial charge on any atom is 0.326 e. The van der Waals surface area contributed by atoms with E-state index in [-0.39, 0.29) is 5.91 Å². The number of piperidine rings is 1. The minimum atomic E-state index is -0.947. The van der Waals surface area contributed by atoms with Crippen molar-refractivity contribution in [2.24, 2.45) is 0 Å². The average molecular weight is 362 g/mol. The van der Waals surface area contributed by atoms with Crippen molar-refractivity contribution in [2.75, 3.05) is 6.54 Å². The number of rotatable bonds is 4. The number of benzene rings is 1. The van der Waals surface area contributed by atoms with E-state index in [2.05, 4.69) is 5.10 Å². The van der Waals surface area contributed by atoms with E-state index >= 15 is 0 Å². The number of carboxylic acids is 1. The van der Waals surface area contributed by atoms with Gasteiger partial charge < -0.3 is 10.0 Å². The minimum Gasteiger partial charge on any atom is -0.480 e. The van der Waals surface area contributed by atoms with E-state index in [9.17, 15) is 14.7 Å². The molecule has 0 spiro atoms.